The minimum absolute atomic E-state index is 0.368. The lowest BCUT2D eigenvalue weighted by molar-refractivity contribution is 0.229. The molecule has 17 heavy (non-hydrogen) atoms. The highest BCUT2D eigenvalue weighted by Gasteiger charge is 2.35. The van der Waals surface area contributed by atoms with Gasteiger partial charge in [-0.2, -0.15) is 0 Å². The fourth-order valence-corrected chi connectivity index (χ4v) is 4.88. The van der Waals surface area contributed by atoms with Crippen LogP contribution in [0, 0.1) is 11.8 Å². The predicted molar refractivity (Wildman–Crippen MR) is 70.8 cm³/mol. The van der Waals surface area contributed by atoms with Gasteiger partial charge in [0.25, 0.3) is 0 Å². The minimum atomic E-state index is -2.73. The van der Waals surface area contributed by atoms with E-state index < -0.39 is 9.84 Å². The summed E-state index contributed by atoms with van der Waals surface area (Å²) in [4.78, 5) is 0. The molecule has 1 saturated carbocycles. The van der Waals surface area contributed by atoms with Crippen LogP contribution >= 0.6 is 0 Å². The van der Waals surface area contributed by atoms with Gasteiger partial charge in [-0.05, 0) is 37.6 Å². The van der Waals surface area contributed by atoms with E-state index in [9.17, 15) is 8.42 Å². The molecule has 2 fully saturated rings. The molecule has 0 aromatic heterocycles. The molecule has 2 atom stereocenters. The van der Waals surface area contributed by atoms with Crippen LogP contribution in [0.15, 0.2) is 0 Å². The van der Waals surface area contributed by atoms with Crippen molar-refractivity contribution in [2.75, 3.05) is 18.1 Å². The van der Waals surface area contributed by atoms with Crippen molar-refractivity contribution in [3.8, 4) is 0 Å². The summed E-state index contributed by atoms with van der Waals surface area (Å²) in [5.74, 6) is 2.05. The Balaban J connectivity index is 1.89. The third kappa shape index (κ3) is 3.68. The van der Waals surface area contributed by atoms with Gasteiger partial charge in [-0.1, -0.05) is 26.2 Å². The number of nitrogens with one attached hydrogen (secondary N) is 1. The van der Waals surface area contributed by atoms with Crippen molar-refractivity contribution in [1.29, 1.82) is 0 Å². The molecule has 2 rings (SSSR count). The van der Waals surface area contributed by atoms with Crippen molar-refractivity contribution < 1.29 is 8.42 Å². The Morgan fingerprint density at radius 2 is 2.06 bits per heavy atom. The molecule has 0 amide bonds. The maximum atomic E-state index is 11.6. The van der Waals surface area contributed by atoms with E-state index in [1.165, 1.54) is 25.7 Å². The average Bonchev–Trinajstić information content (AvgIpc) is 2.56. The molecule has 1 heterocycles. The first-order chi connectivity index (χ1) is 8.11. The normalized spacial score (nSPS) is 30.1. The standard InChI is InChI=1S/C13H25NO2S/c1-2-7-14-13(9-11-4-3-5-11)12-6-8-17(15,16)10-12/h11-14H,2-10H2,1H3. The molecule has 0 aromatic carbocycles. The zero-order valence-electron chi connectivity index (χ0n) is 10.8. The van der Waals surface area contributed by atoms with Crippen LogP contribution in [-0.2, 0) is 9.84 Å². The first-order valence-electron chi connectivity index (χ1n) is 7.04. The van der Waals surface area contributed by atoms with Gasteiger partial charge in [0.05, 0.1) is 11.5 Å². The number of rotatable bonds is 6. The Morgan fingerprint density at radius 1 is 1.29 bits per heavy atom. The highest BCUT2D eigenvalue weighted by atomic mass is 32.2. The van der Waals surface area contributed by atoms with Gasteiger partial charge in [0.15, 0.2) is 9.84 Å². The molecular weight excluding hydrogens is 234 g/mol. The van der Waals surface area contributed by atoms with E-state index in [-0.39, 0.29) is 0 Å². The second kappa shape index (κ2) is 5.70. The van der Waals surface area contributed by atoms with Gasteiger partial charge in [0, 0.05) is 6.04 Å². The highest BCUT2D eigenvalue weighted by Crippen LogP contribution is 2.34. The summed E-state index contributed by atoms with van der Waals surface area (Å²) >= 11 is 0. The van der Waals surface area contributed by atoms with Gasteiger partial charge in [0.1, 0.15) is 0 Å². The van der Waals surface area contributed by atoms with Crippen LogP contribution in [0.4, 0.5) is 0 Å². The summed E-state index contributed by atoms with van der Waals surface area (Å²) in [7, 11) is -2.73. The van der Waals surface area contributed by atoms with Gasteiger partial charge >= 0.3 is 0 Å². The lowest BCUT2D eigenvalue weighted by Crippen LogP contribution is -2.40. The highest BCUT2D eigenvalue weighted by molar-refractivity contribution is 7.91. The van der Waals surface area contributed by atoms with E-state index in [1.807, 2.05) is 0 Å². The average molecular weight is 259 g/mol. The lowest BCUT2D eigenvalue weighted by Gasteiger charge is -2.32. The maximum absolute atomic E-state index is 11.6. The molecule has 1 N–H and O–H groups in total. The Morgan fingerprint density at radius 3 is 2.53 bits per heavy atom. The van der Waals surface area contributed by atoms with Crippen molar-refractivity contribution in [2.24, 2.45) is 11.8 Å². The summed E-state index contributed by atoms with van der Waals surface area (Å²) in [5, 5.41) is 3.58. The number of hydrogen-bond donors (Lipinski definition) is 1. The zero-order valence-corrected chi connectivity index (χ0v) is 11.6. The summed E-state index contributed by atoms with van der Waals surface area (Å²) in [6.45, 7) is 3.19. The van der Waals surface area contributed by atoms with E-state index in [0.717, 1.165) is 25.3 Å². The third-order valence-corrected chi connectivity index (χ3v) is 6.10. The largest absolute Gasteiger partial charge is 0.314 e. The Kier molecular flexibility index (Phi) is 4.47. The first-order valence-corrected chi connectivity index (χ1v) is 8.86. The topological polar surface area (TPSA) is 46.2 Å². The summed E-state index contributed by atoms with van der Waals surface area (Å²) in [6, 6.07) is 0.442. The number of hydrogen-bond acceptors (Lipinski definition) is 3. The quantitative estimate of drug-likeness (QED) is 0.793. The SMILES string of the molecule is CCCNC(CC1CCC1)C1CCS(=O)(=O)C1. The van der Waals surface area contributed by atoms with Gasteiger partial charge in [-0.25, -0.2) is 8.42 Å². The molecule has 3 nitrogen and oxygen atoms in total. The van der Waals surface area contributed by atoms with Crippen LogP contribution in [0.25, 0.3) is 0 Å². The Labute approximate surface area is 105 Å². The fraction of sp³-hybridized carbons (Fsp3) is 1.00. The van der Waals surface area contributed by atoms with Crippen LogP contribution in [0.1, 0.15) is 45.4 Å². The monoisotopic (exact) mass is 259 g/mol. The van der Waals surface area contributed by atoms with Gasteiger partial charge in [-0.15, -0.1) is 0 Å². The van der Waals surface area contributed by atoms with E-state index >= 15 is 0 Å². The second-order valence-corrected chi connectivity index (χ2v) is 7.99. The smallest absolute Gasteiger partial charge is 0.150 e. The molecule has 100 valence electrons. The van der Waals surface area contributed by atoms with E-state index in [4.69, 9.17) is 0 Å². The maximum Gasteiger partial charge on any atom is 0.150 e. The van der Waals surface area contributed by atoms with Crippen molar-refractivity contribution in [3.05, 3.63) is 0 Å². The molecular formula is C13H25NO2S. The Hall–Kier alpha value is -0.0900. The van der Waals surface area contributed by atoms with Crippen molar-refractivity contribution in [3.63, 3.8) is 0 Å². The molecule has 4 heteroatoms. The lowest BCUT2D eigenvalue weighted by atomic mass is 9.78. The zero-order chi connectivity index (χ0) is 12.3. The molecule has 2 unspecified atom stereocenters. The van der Waals surface area contributed by atoms with E-state index in [0.29, 0.717) is 23.5 Å². The minimum Gasteiger partial charge on any atom is -0.314 e. The molecule has 1 saturated heterocycles. The van der Waals surface area contributed by atoms with Crippen molar-refractivity contribution >= 4 is 9.84 Å². The van der Waals surface area contributed by atoms with E-state index in [1.54, 1.807) is 0 Å². The molecule has 2 aliphatic rings. The summed E-state index contributed by atoms with van der Waals surface area (Å²) in [6.07, 6.45) is 7.26. The van der Waals surface area contributed by atoms with Crippen LogP contribution in [0.5, 0.6) is 0 Å². The number of sulfone groups is 1. The van der Waals surface area contributed by atoms with Gasteiger partial charge < -0.3 is 5.32 Å². The molecule has 1 aliphatic heterocycles. The molecule has 0 radical (unpaired) electrons. The van der Waals surface area contributed by atoms with Crippen LogP contribution in [0.3, 0.4) is 0 Å². The predicted octanol–water partition coefficient (Wildman–Crippen LogP) is 1.98. The second-order valence-electron chi connectivity index (χ2n) is 5.76. The van der Waals surface area contributed by atoms with Crippen LogP contribution in [-0.4, -0.2) is 32.5 Å². The third-order valence-electron chi connectivity index (χ3n) is 4.31. The Bertz CT molecular complexity index is 335. The molecule has 1 aliphatic carbocycles. The van der Waals surface area contributed by atoms with Gasteiger partial charge in [-0.3, -0.25) is 0 Å². The fourth-order valence-electron chi connectivity index (χ4n) is 3.00. The first kappa shape index (κ1) is 13.3. The molecule has 0 spiro atoms. The molecule has 0 bridgehead atoms. The van der Waals surface area contributed by atoms with Crippen molar-refractivity contribution in [1.82, 2.24) is 5.32 Å². The van der Waals surface area contributed by atoms with E-state index in [2.05, 4.69) is 12.2 Å². The summed E-state index contributed by atoms with van der Waals surface area (Å²) < 4.78 is 23.1. The van der Waals surface area contributed by atoms with Crippen LogP contribution < -0.4 is 5.32 Å². The van der Waals surface area contributed by atoms with Crippen LogP contribution in [0.2, 0.25) is 0 Å². The molecule has 0 aromatic rings. The van der Waals surface area contributed by atoms with Gasteiger partial charge in [0.2, 0.25) is 0 Å². The summed E-state index contributed by atoms with van der Waals surface area (Å²) in [5.41, 5.74) is 0. The van der Waals surface area contributed by atoms with Crippen molar-refractivity contribution in [2.45, 2.75) is 51.5 Å².